The molecule has 0 unspecified atom stereocenters. The van der Waals surface area contributed by atoms with Gasteiger partial charge >= 0.3 is 0 Å². The van der Waals surface area contributed by atoms with E-state index in [1.165, 1.54) is 6.20 Å². The Morgan fingerprint density at radius 2 is 2.14 bits per heavy atom. The molecule has 0 amide bonds. The zero-order chi connectivity index (χ0) is 14.8. The van der Waals surface area contributed by atoms with Gasteiger partial charge in [-0.2, -0.15) is 5.10 Å². The normalized spacial score (nSPS) is 12.0. The Kier molecular flexibility index (Phi) is 3.27. The fourth-order valence-corrected chi connectivity index (χ4v) is 2.33. The van der Waals surface area contributed by atoms with Crippen LogP contribution in [0.4, 0.5) is 0 Å². The minimum atomic E-state index is -0.208. The maximum Gasteiger partial charge on any atom is 0.202 e. The number of aromatic nitrogens is 3. The van der Waals surface area contributed by atoms with E-state index in [0.29, 0.717) is 28.7 Å². The van der Waals surface area contributed by atoms with Crippen LogP contribution in [0.3, 0.4) is 0 Å². The maximum atomic E-state index is 12.6. The summed E-state index contributed by atoms with van der Waals surface area (Å²) in [6.07, 6.45) is 3.09. The highest BCUT2D eigenvalue weighted by atomic mass is 16.4. The molecule has 0 bridgehead atoms. The molecule has 6 heteroatoms. The van der Waals surface area contributed by atoms with Gasteiger partial charge in [0.2, 0.25) is 5.43 Å². The van der Waals surface area contributed by atoms with E-state index in [-0.39, 0.29) is 11.1 Å². The summed E-state index contributed by atoms with van der Waals surface area (Å²) in [5.74, 6) is 0. The summed E-state index contributed by atoms with van der Waals surface area (Å²) < 4.78 is 1.71. The molecule has 0 saturated carbocycles. The number of aromatic amines is 1. The van der Waals surface area contributed by atoms with Crippen LogP contribution in [0.25, 0.3) is 11.0 Å². The first-order chi connectivity index (χ1) is 10.3. The Morgan fingerprint density at radius 1 is 1.38 bits per heavy atom. The van der Waals surface area contributed by atoms with Crippen molar-refractivity contribution in [1.82, 2.24) is 14.8 Å². The molecular weight excluding hydrogens is 268 g/mol. The molecule has 0 aliphatic rings. The Labute approximate surface area is 120 Å². The number of rotatable bonds is 3. The number of aryl methyl sites for hydroxylation is 1. The van der Waals surface area contributed by atoms with Gasteiger partial charge < -0.3 is 10.2 Å². The summed E-state index contributed by atoms with van der Waals surface area (Å²) in [5.41, 5.74) is 1.68. The standard InChI is InChI=1S/C15H14N4O2/c1-2-19-15-12(9-17-19)14(20)11(8-16-15)13(18-21)10-6-4-3-5-7-10/h3-9,21H,2H2,1H3,(H,16,20)/b18-13-. The molecule has 21 heavy (non-hydrogen) atoms. The molecule has 0 radical (unpaired) electrons. The number of hydrogen-bond acceptors (Lipinski definition) is 4. The zero-order valence-electron chi connectivity index (χ0n) is 11.4. The van der Waals surface area contributed by atoms with Gasteiger partial charge in [-0.25, -0.2) is 4.68 Å². The van der Waals surface area contributed by atoms with Gasteiger partial charge in [-0.15, -0.1) is 0 Å². The molecule has 0 aliphatic heterocycles. The number of pyridine rings is 1. The van der Waals surface area contributed by atoms with E-state index in [4.69, 9.17) is 0 Å². The van der Waals surface area contributed by atoms with Crippen molar-refractivity contribution >= 4 is 16.7 Å². The van der Waals surface area contributed by atoms with Crippen molar-refractivity contribution in [1.29, 1.82) is 0 Å². The van der Waals surface area contributed by atoms with Crippen LogP contribution in [0.1, 0.15) is 18.1 Å². The second-order valence-corrected chi connectivity index (χ2v) is 4.57. The largest absolute Gasteiger partial charge is 0.410 e. The lowest BCUT2D eigenvalue weighted by Gasteiger charge is -2.05. The van der Waals surface area contributed by atoms with E-state index in [0.717, 1.165) is 0 Å². The van der Waals surface area contributed by atoms with Crippen LogP contribution in [-0.4, -0.2) is 25.7 Å². The van der Waals surface area contributed by atoms with Crippen molar-refractivity contribution in [3.05, 3.63) is 64.1 Å². The molecule has 2 heterocycles. The van der Waals surface area contributed by atoms with E-state index in [1.807, 2.05) is 25.1 Å². The van der Waals surface area contributed by atoms with Crippen LogP contribution in [0.5, 0.6) is 0 Å². The number of nitrogens with zero attached hydrogens (tertiary/aromatic N) is 3. The Morgan fingerprint density at radius 3 is 2.81 bits per heavy atom. The van der Waals surface area contributed by atoms with E-state index in [1.54, 1.807) is 23.0 Å². The second-order valence-electron chi connectivity index (χ2n) is 4.57. The van der Waals surface area contributed by atoms with Crippen molar-refractivity contribution in [2.24, 2.45) is 5.16 Å². The number of fused-ring (bicyclic) bond motifs is 1. The van der Waals surface area contributed by atoms with Crippen molar-refractivity contribution in [2.75, 3.05) is 0 Å². The van der Waals surface area contributed by atoms with Gasteiger partial charge in [0.1, 0.15) is 11.4 Å². The summed E-state index contributed by atoms with van der Waals surface area (Å²) >= 11 is 0. The molecule has 0 spiro atoms. The molecule has 2 aromatic heterocycles. The van der Waals surface area contributed by atoms with Gasteiger partial charge in [-0.3, -0.25) is 4.79 Å². The maximum absolute atomic E-state index is 12.6. The van der Waals surface area contributed by atoms with Crippen LogP contribution in [0, 0.1) is 0 Å². The van der Waals surface area contributed by atoms with Gasteiger partial charge in [0.05, 0.1) is 17.1 Å². The first-order valence-electron chi connectivity index (χ1n) is 6.61. The van der Waals surface area contributed by atoms with Gasteiger partial charge in [0.25, 0.3) is 0 Å². The quantitative estimate of drug-likeness (QED) is 0.437. The van der Waals surface area contributed by atoms with Gasteiger partial charge in [-0.05, 0) is 6.92 Å². The second kappa shape index (κ2) is 5.24. The van der Waals surface area contributed by atoms with Gasteiger partial charge in [-0.1, -0.05) is 35.5 Å². The molecule has 0 atom stereocenters. The summed E-state index contributed by atoms with van der Waals surface area (Å²) in [6, 6.07) is 9.07. The third-order valence-corrected chi connectivity index (χ3v) is 3.38. The summed E-state index contributed by atoms with van der Waals surface area (Å²) in [7, 11) is 0. The molecular formula is C15H14N4O2. The Bertz CT molecular complexity index is 862. The van der Waals surface area contributed by atoms with Crippen molar-refractivity contribution < 1.29 is 5.21 Å². The highest BCUT2D eigenvalue weighted by molar-refractivity contribution is 6.13. The number of nitrogens with one attached hydrogen (secondary N) is 1. The zero-order valence-corrected chi connectivity index (χ0v) is 11.4. The van der Waals surface area contributed by atoms with Crippen LogP contribution in [0.15, 0.2) is 52.7 Å². The summed E-state index contributed by atoms with van der Waals surface area (Å²) in [6.45, 7) is 2.61. The number of H-pyrrole nitrogens is 1. The lowest BCUT2D eigenvalue weighted by molar-refractivity contribution is 0.319. The number of benzene rings is 1. The predicted octanol–water partition coefficient (Wildman–Crippen LogP) is 1.97. The molecule has 0 saturated heterocycles. The molecule has 2 N–H and O–H groups in total. The molecule has 0 aliphatic carbocycles. The van der Waals surface area contributed by atoms with Gasteiger partial charge in [0.15, 0.2) is 0 Å². The molecule has 1 aromatic carbocycles. The minimum absolute atomic E-state index is 0.208. The van der Waals surface area contributed by atoms with Crippen molar-refractivity contribution in [3.8, 4) is 0 Å². The van der Waals surface area contributed by atoms with Crippen LogP contribution < -0.4 is 5.43 Å². The van der Waals surface area contributed by atoms with Crippen molar-refractivity contribution in [3.63, 3.8) is 0 Å². The topological polar surface area (TPSA) is 83.3 Å². The smallest absolute Gasteiger partial charge is 0.202 e. The SMILES string of the molecule is CCn1ncc2c(=O)c(/C(=N\O)c3ccccc3)c[nH]c21. The van der Waals surface area contributed by atoms with Crippen LogP contribution in [0.2, 0.25) is 0 Å². The molecule has 106 valence electrons. The Balaban J connectivity index is 2.21. The average Bonchev–Trinajstić information content (AvgIpc) is 2.95. The van der Waals surface area contributed by atoms with E-state index in [9.17, 15) is 10.0 Å². The summed E-state index contributed by atoms with van der Waals surface area (Å²) in [4.78, 5) is 15.6. The minimum Gasteiger partial charge on any atom is -0.410 e. The lowest BCUT2D eigenvalue weighted by atomic mass is 10.0. The number of hydrogen-bond donors (Lipinski definition) is 2. The van der Waals surface area contributed by atoms with Gasteiger partial charge in [0, 0.05) is 18.3 Å². The third kappa shape index (κ3) is 2.10. The van der Waals surface area contributed by atoms with Crippen LogP contribution in [-0.2, 0) is 6.54 Å². The molecule has 6 nitrogen and oxygen atoms in total. The predicted molar refractivity (Wildman–Crippen MR) is 79.9 cm³/mol. The fourth-order valence-electron chi connectivity index (χ4n) is 2.33. The Hall–Kier alpha value is -2.89. The highest BCUT2D eigenvalue weighted by Gasteiger charge is 2.15. The first-order valence-corrected chi connectivity index (χ1v) is 6.61. The monoisotopic (exact) mass is 282 g/mol. The highest BCUT2D eigenvalue weighted by Crippen LogP contribution is 2.11. The fraction of sp³-hybridized carbons (Fsp3) is 0.133. The van der Waals surface area contributed by atoms with Crippen LogP contribution >= 0.6 is 0 Å². The number of oxime groups is 1. The molecule has 3 rings (SSSR count). The molecule has 3 aromatic rings. The first kappa shape index (κ1) is 13.1. The van der Waals surface area contributed by atoms with E-state index >= 15 is 0 Å². The lowest BCUT2D eigenvalue weighted by Crippen LogP contribution is -2.17. The van der Waals surface area contributed by atoms with E-state index in [2.05, 4.69) is 15.2 Å². The third-order valence-electron chi connectivity index (χ3n) is 3.38. The molecule has 0 fully saturated rings. The summed E-state index contributed by atoms with van der Waals surface area (Å²) in [5, 5.41) is 17.2. The van der Waals surface area contributed by atoms with Crippen molar-refractivity contribution in [2.45, 2.75) is 13.5 Å². The van der Waals surface area contributed by atoms with E-state index < -0.39 is 0 Å². The average molecular weight is 282 g/mol.